The van der Waals surface area contributed by atoms with Crippen molar-refractivity contribution in [3.8, 4) is 0 Å². The van der Waals surface area contributed by atoms with E-state index in [2.05, 4.69) is 27.4 Å². The highest BCUT2D eigenvalue weighted by atomic mass is 19.1. The quantitative estimate of drug-likeness (QED) is 0.727. The smallest absolute Gasteiger partial charge is 0.261 e. The van der Waals surface area contributed by atoms with E-state index in [4.69, 9.17) is 0 Å². The van der Waals surface area contributed by atoms with Gasteiger partial charge in [-0.25, -0.2) is 4.39 Å². The zero-order valence-corrected chi connectivity index (χ0v) is 15.6. The lowest BCUT2D eigenvalue weighted by Crippen LogP contribution is -2.43. The third-order valence-corrected chi connectivity index (χ3v) is 5.36. The molecule has 1 aromatic carbocycles. The molecule has 1 amide bonds. The Balaban J connectivity index is 1.71. The van der Waals surface area contributed by atoms with Gasteiger partial charge in [-0.2, -0.15) is 0 Å². The lowest BCUT2D eigenvalue weighted by molar-refractivity contribution is 0.102. The summed E-state index contributed by atoms with van der Waals surface area (Å²) in [4.78, 5) is 26.7. The Hall–Kier alpha value is -3.29. The van der Waals surface area contributed by atoms with Gasteiger partial charge in [0.15, 0.2) is 0 Å². The van der Waals surface area contributed by atoms with Crippen LogP contribution in [0.3, 0.4) is 0 Å². The number of carbonyl (C=O) groups excluding carboxylic acids is 1. The number of aromatic amines is 1. The Bertz CT molecular complexity index is 1100. The number of carbonyl (C=O) groups is 1. The fourth-order valence-electron chi connectivity index (χ4n) is 4.10. The van der Waals surface area contributed by atoms with Gasteiger partial charge in [0.25, 0.3) is 11.5 Å². The van der Waals surface area contributed by atoms with Crippen LogP contribution in [0.5, 0.6) is 0 Å². The van der Waals surface area contributed by atoms with Gasteiger partial charge in [-0.15, -0.1) is 10.2 Å². The van der Waals surface area contributed by atoms with Gasteiger partial charge in [-0.1, -0.05) is 13.0 Å². The van der Waals surface area contributed by atoms with Crippen LogP contribution in [0.1, 0.15) is 41.5 Å². The molecule has 2 N–H and O–H groups in total. The summed E-state index contributed by atoms with van der Waals surface area (Å²) in [6, 6.07) is 7.62. The fraction of sp³-hybridized carbons (Fsp3) is 0.300. The molecular weight excluding hydrogens is 361 g/mol. The molecule has 2 aromatic heterocycles. The minimum atomic E-state index is -0.660. The number of hydrogen-bond acceptors (Lipinski definition) is 4. The van der Waals surface area contributed by atoms with Crippen molar-refractivity contribution in [1.82, 2.24) is 19.7 Å². The van der Waals surface area contributed by atoms with Gasteiger partial charge in [0, 0.05) is 13.2 Å². The van der Waals surface area contributed by atoms with E-state index in [1.807, 2.05) is 11.6 Å². The summed E-state index contributed by atoms with van der Waals surface area (Å²) in [5.41, 5.74) is -0.0815. The second-order valence-electron chi connectivity index (χ2n) is 7.42. The van der Waals surface area contributed by atoms with Crippen LogP contribution in [0.15, 0.2) is 47.7 Å². The fourth-order valence-corrected chi connectivity index (χ4v) is 4.10. The average Bonchev–Trinajstić information content (AvgIpc) is 3.07. The Morgan fingerprint density at radius 2 is 2.14 bits per heavy atom. The van der Waals surface area contributed by atoms with Gasteiger partial charge in [0.2, 0.25) is 0 Å². The maximum Gasteiger partial charge on any atom is 0.261 e. The number of aryl methyl sites for hydroxylation is 1. The van der Waals surface area contributed by atoms with Gasteiger partial charge in [0.05, 0.1) is 11.1 Å². The predicted molar refractivity (Wildman–Crippen MR) is 102 cm³/mol. The highest BCUT2D eigenvalue weighted by Gasteiger charge is 2.48. The van der Waals surface area contributed by atoms with E-state index in [9.17, 15) is 14.0 Å². The van der Waals surface area contributed by atoms with Crippen molar-refractivity contribution in [3.05, 3.63) is 76.0 Å². The summed E-state index contributed by atoms with van der Waals surface area (Å²) in [5, 5.41) is 10.8. The molecule has 0 spiro atoms. The van der Waals surface area contributed by atoms with Crippen molar-refractivity contribution < 1.29 is 9.18 Å². The van der Waals surface area contributed by atoms with E-state index in [0.29, 0.717) is 5.92 Å². The molecule has 4 rings (SSSR count). The molecule has 1 fully saturated rings. The van der Waals surface area contributed by atoms with Crippen LogP contribution in [-0.2, 0) is 12.5 Å². The highest BCUT2D eigenvalue weighted by Crippen LogP contribution is 2.51. The summed E-state index contributed by atoms with van der Waals surface area (Å²) in [7, 11) is 1.88. The lowest BCUT2D eigenvalue weighted by atomic mass is 9.58. The van der Waals surface area contributed by atoms with Crippen molar-refractivity contribution in [2.24, 2.45) is 13.0 Å². The molecule has 0 bridgehead atoms. The minimum Gasteiger partial charge on any atom is -0.328 e. The van der Waals surface area contributed by atoms with Crippen LogP contribution in [0.2, 0.25) is 0 Å². The van der Waals surface area contributed by atoms with Gasteiger partial charge < -0.3 is 14.9 Å². The maximum absolute atomic E-state index is 14.4. The molecule has 8 heteroatoms. The molecule has 28 heavy (non-hydrogen) atoms. The first-order valence-corrected chi connectivity index (χ1v) is 9.04. The highest BCUT2D eigenvalue weighted by molar-refractivity contribution is 6.04. The molecule has 1 aliphatic carbocycles. The zero-order chi connectivity index (χ0) is 19.9. The van der Waals surface area contributed by atoms with Crippen molar-refractivity contribution in [1.29, 1.82) is 0 Å². The normalized spacial score (nSPS) is 21.2. The topological polar surface area (TPSA) is 92.7 Å². The summed E-state index contributed by atoms with van der Waals surface area (Å²) in [5.74, 6) is 0.0918. The summed E-state index contributed by atoms with van der Waals surface area (Å²) < 4.78 is 16.3. The van der Waals surface area contributed by atoms with Crippen molar-refractivity contribution in [2.45, 2.75) is 25.2 Å². The predicted octanol–water partition coefficient (Wildman–Crippen LogP) is 2.61. The number of aromatic nitrogens is 4. The first kappa shape index (κ1) is 18.1. The third-order valence-electron chi connectivity index (χ3n) is 5.36. The second kappa shape index (κ2) is 6.70. The Kier molecular flexibility index (Phi) is 4.33. The second-order valence-corrected chi connectivity index (χ2v) is 7.42. The van der Waals surface area contributed by atoms with Crippen LogP contribution in [0.4, 0.5) is 10.1 Å². The summed E-state index contributed by atoms with van der Waals surface area (Å²) in [6.07, 6.45) is 4.80. The van der Waals surface area contributed by atoms with Crippen molar-refractivity contribution in [3.63, 3.8) is 0 Å². The Morgan fingerprint density at radius 1 is 1.36 bits per heavy atom. The SMILES string of the molecule is CC1CC(c2ccc(F)c(NC(=O)c3ccc[nH]c3=O)c2)(c2nncn2C)C1. The van der Waals surface area contributed by atoms with E-state index in [-0.39, 0.29) is 16.7 Å². The van der Waals surface area contributed by atoms with Gasteiger partial charge in [0.1, 0.15) is 23.5 Å². The zero-order valence-electron chi connectivity index (χ0n) is 15.6. The molecule has 0 atom stereocenters. The lowest BCUT2D eigenvalue weighted by Gasteiger charge is -2.46. The first-order chi connectivity index (χ1) is 13.4. The number of benzene rings is 1. The van der Waals surface area contributed by atoms with E-state index in [0.717, 1.165) is 24.2 Å². The van der Waals surface area contributed by atoms with Gasteiger partial charge in [-0.3, -0.25) is 9.59 Å². The van der Waals surface area contributed by atoms with Crippen molar-refractivity contribution >= 4 is 11.6 Å². The summed E-state index contributed by atoms with van der Waals surface area (Å²) in [6.45, 7) is 2.16. The molecule has 3 aromatic rings. The molecule has 0 unspecified atom stereocenters. The molecule has 0 saturated heterocycles. The molecule has 0 radical (unpaired) electrons. The van der Waals surface area contributed by atoms with Crippen LogP contribution in [0, 0.1) is 11.7 Å². The number of amides is 1. The number of hydrogen-bond donors (Lipinski definition) is 2. The van der Waals surface area contributed by atoms with E-state index in [1.165, 1.54) is 18.3 Å². The Labute approximate surface area is 160 Å². The molecule has 1 aliphatic rings. The standard InChI is InChI=1S/C20H20FN5O2/c1-12-9-20(10-12,19-25-23-11-26(19)2)13-5-6-15(21)16(8-13)24-18(28)14-4-3-7-22-17(14)27/h3-8,11-12H,9-10H2,1-2H3,(H,22,27)(H,24,28). The third kappa shape index (κ3) is 2.90. The van der Waals surface area contributed by atoms with Gasteiger partial charge >= 0.3 is 0 Å². The molecule has 7 nitrogen and oxygen atoms in total. The molecule has 1 saturated carbocycles. The van der Waals surface area contributed by atoms with Crippen LogP contribution in [0.25, 0.3) is 0 Å². The maximum atomic E-state index is 14.4. The number of H-pyrrole nitrogens is 1. The minimum absolute atomic E-state index is 0.0341. The van der Waals surface area contributed by atoms with Crippen LogP contribution >= 0.6 is 0 Å². The number of nitrogens with one attached hydrogen (secondary N) is 2. The summed E-state index contributed by atoms with van der Waals surface area (Å²) >= 11 is 0. The average molecular weight is 381 g/mol. The first-order valence-electron chi connectivity index (χ1n) is 9.04. The monoisotopic (exact) mass is 381 g/mol. The van der Waals surface area contributed by atoms with Crippen LogP contribution in [-0.4, -0.2) is 25.7 Å². The van der Waals surface area contributed by atoms with E-state index >= 15 is 0 Å². The number of nitrogens with zero attached hydrogens (tertiary/aromatic N) is 3. The molecule has 2 heterocycles. The van der Waals surface area contributed by atoms with Gasteiger partial charge in [-0.05, 0) is 48.6 Å². The van der Waals surface area contributed by atoms with Crippen LogP contribution < -0.4 is 10.9 Å². The molecule has 0 aliphatic heterocycles. The van der Waals surface area contributed by atoms with E-state index in [1.54, 1.807) is 24.5 Å². The number of anilines is 1. The van der Waals surface area contributed by atoms with Crippen molar-refractivity contribution in [2.75, 3.05) is 5.32 Å². The largest absolute Gasteiger partial charge is 0.328 e. The molecular formula is C20H20FN5O2. The number of halogens is 1. The van der Waals surface area contributed by atoms with E-state index < -0.39 is 17.3 Å². The number of pyridine rings is 1. The molecule has 144 valence electrons. The number of rotatable bonds is 4. The Morgan fingerprint density at radius 3 is 2.79 bits per heavy atom.